The van der Waals surface area contributed by atoms with Crippen LogP contribution in [-0.2, 0) is 0 Å². The summed E-state index contributed by atoms with van der Waals surface area (Å²) in [6, 6.07) is 6.81. The Balaban J connectivity index is 1.63. The molecule has 9 heteroatoms. The van der Waals surface area contributed by atoms with Gasteiger partial charge in [-0.3, -0.25) is 10.1 Å². The number of nitrogens with zero attached hydrogens (tertiary/aromatic N) is 1. The zero-order chi connectivity index (χ0) is 19.0. The van der Waals surface area contributed by atoms with Crippen LogP contribution >= 0.6 is 11.3 Å². The highest BCUT2D eigenvalue weighted by Crippen LogP contribution is 2.40. The van der Waals surface area contributed by atoms with Gasteiger partial charge in [0.15, 0.2) is 28.1 Å². The van der Waals surface area contributed by atoms with E-state index in [4.69, 9.17) is 23.7 Å². The molecule has 0 aliphatic carbocycles. The number of aromatic nitrogens is 1. The predicted molar refractivity (Wildman–Crippen MR) is 99.8 cm³/mol. The lowest BCUT2D eigenvalue weighted by molar-refractivity contribution is 0.102. The predicted octanol–water partition coefficient (Wildman–Crippen LogP) is 3.30. The lowest BCUT2D eigenvalue weighted by Gasteiger charge is -2.13. The monoisotopic (exact) mass is 388 g/mol. The van der Waals surface area contributed by atoms with Gasteiger partial charge >= 0.3 is 0 Å². The van der Waals surface area contributed by atoms with Crippen molar-refractivity contribution in [1.29, 1.82) is 0 Å². The first-order valence-corrected chi connectivity index (χ1v) is 8.76. The van der Waals surface area contributed by atoms with E-state index < -0.39 is 0 Å². The van der Waals surface area contributed by atoms with Crippen molar-refractivity contribution in [3.05, 3.63) is 29.8 Å². The van der Waals surface area contributed by atoms with Gasteiger partial charge in [0.05, 0.1) is 31.5 Å². The maximum absolute atomic E-state index is 12.7. The van der Waals surface area contributed by atoms with Crippen molar-refractivity contribution < 1.29 is 28.5 Å². The molecule has 8 nitrogen and oxygen atoms in total. The number of nitrogens with one attached hydrogen (secondary N) is 1. The summed E-state index contributed by atoms with van der Waals surface area (Å²) in [5.74, 6) is 2.21. The van der Waals surface area contributed by atoms with Crippen LogP contribution in [0.5, 0.6) is 28.7 Å². The van der Waals surface area contributed by atoms with E-state index >= 15 is 0 Å². The van der Waals surface area contributed by atoms with Crippen molar-refractivity contribution in [3.8, 4) is 28.7 Å². The number of ether oxygens (including phenoxy) is 5. The first-order valence-electron chi connectivity index (χ1n) is 7.94. The highest BCUT2D eigenvalue weighted by molar-refractivity contribution is 7.22. The van der Waals surface area contributed by atoms with Gasteiger partial charge in [-0.15, -0.1) is 0 Å². The lowest BCUT2D eigenvalue weighted by Crippen LogP contribution is -2.12. The minimum absolute atomic E-state index is 0.206. The number of hydrogen-bond acceptors (Lipinski definition) is 8. The maximum atomic E-state index is 12.7. The number of rotatable bonds is 5. The summed E-state index contributed by atoms with van der Waals surface area (Å²) in [6.07, 6.45) is 0. The summed E-state index contributed by atoms with van der Waals surface area (Å²) < 4.78 is 27.5. The Labute approximate surface area is 158 Å². The number of benzene rings is 2. The number of amides is 1. The van der Waals surface area contributed by atoms with E-state index in [2.05, 4.69) is 10.3 Å². The minimum atomic E-state index is -0.339. The highest BCUT2D eigenvalue weighted by Gasteiger charge is 2.20. The van der Waals surface area contributed by atoms with Crippen molar-refractivity contribution in [2.24, 2.45) is 0 Å². The zero-order valence-electron chi connectivity index (χ0n) is 14.8. The second-order valence-corrected chi connectivity index (χ2v) is 6.59. The fourth-order valence-corrected chi connectivity index (χ4v) is 3.62. The Morgan fingerprint density at radius 2 is 1.70 bits per heavy atom. The number of thiazole rings is 1. The molecule has 4 rings (SSSR count). The zero-order valence-corrected chi connectivity index (χ0v) is 15.6. The van der Waals surface area contributed by atoms with Crippen LogP contribution in [0.3, 0.4) is 0 Å². The van der Waals surface area contributed by atoms with Crippen molar-refractivity contribution in [2.45, 2.75) is 0 Å². The number of anilines is 1. The van der Waals surface area contributed by atoms with Crippen molar-refractivity contribution in [1.82, 2.24) is 4.98 Å². The number of carbonyl (C=O) groups is 1. The Morgan fingerprint density at radius 1 is 1.04 bits per heavy atom. The molecule has 1 amide bonds. The molecule has 0 spiro atoms. The number of carbonyl (C=O) groups excluding carboxylic acids is 1. The summed E-state index contributed by atoms with van der Waals surface area (Å²) in [6.45, 7) is 0.206. The van der Waals surface area contributed by atoms with Crippen LogP contribution in [0.15, 0.2) is 24.3 Å². The molecule has 0 bridgehead atoms. The Kier molecular flexibility index (Phi) is 4.36. The second-order valence-electron chi connectivity index (χ2n) is 5.56. The molecule has 0 saturated carbocycles. The van der Waals surface area contributed by atoms with Gasteiger partial charge in [0.2, 0.25) is 12.5 Å². The quantitative estimate of drug-likeness (QED) is 0.717. The van der Waals surface area contributed by atoms with Crippen LogP contribution in [-0.4, -0.2) is 39.0 Å². The second kappa shape index (κ2) is 6.84. The summed E-state index contributed by atoms with van der Waals surface area (Å²) in [4.78, 5) is 17.1. The maximum Gasteiger partial charge on any atom is 0.257 e. The molecule has 2 aromatic carbocycles. The molecule has 1 aliphatic heterocycles. The third-order valence-corrected chi connectivity index (χ3v) is 4.96. The standard InChI is InChI=1S/C18H16N2O6S/c1-22-13-4-9(5-14(23-2)16(13)24-3)17(21)20-18-19-10-6-11-12(26-8-25-11)7-15(10)27-18/h4-7H,8H2,1-3H3,(H,19,20,21). The van der Waals surface area contributed by atoms with Crippen LogP contribution in [0.1, 0.15) is 10.4 Å². The normalized spacial score (nSPS) is 12.1. The molecule has 0 fully saturated rings. The van der Waals surface area contributed by atoms with Crippen LogP contribution in [0.2, 0.25) is 0 Å². The van der Waals surface area contributed by atoms with Gasteiger partial charge in [0, 0.05) is 17.7 Å². The van der Waals surface area contributed by atoms with Gasteiger partial charge < -0.3 is 23.7 Å². The number of hydrogen-bond donors (Lipinski definition) is 1. The van der Waals surface area contributed by atoms with Crippen LogP contribution < -0.4 is 29.0 Å². The van der Waals surface area contributed by atoms with E-state index in [0.717, 1.165) is 10.2 Å². The average molecular weight is 388 g/mol. The molecular weight excluding hydrogens is 372 g/mol. The van der Waals surface area contributed by atoms with Crippen LogP contribution in [0.4, 0.5) is 5.13 Å². The molecule has 0 radical (unpaired) electrons. The van der Waals surface area contributed by atoms with Crippen molar-refractivity contribution >= 4 is 32.6 Å². The average Bonchev–Trinajstić information content (AvgIpc) is 3.29. The van der Waals surface area contributed by atoms with E-state index in [-0.39, 0.29) is 12.7 Å². The first kappa shape index (κ1) is 17.2. The molecule has 3 aromatic rings. The summed E-state index contributed by atoms with van der Waals surface area (Å²) in [5.41, 5.74) is 1.09. The molecule has 1 aliphatic rings. The first-order chi connectivity index (χ1) is 13.1. The van der Waals surface area contributed by atoms with E-state index in [0.29, 0.717) is 39.4 Å². The Bertz CT molecular complexity index is 966. The molecule has 0 saturated heterocycles. The minimum Gasteiger partial charge on any atom is -0.493 e. The summed E-state index contributed by atoms with van der Waals surface area (Å²) in [5, 5.41) is 3.26. The fourth-order valence-electron chi connectivity index (χ4n) is 2.75. The van der Waals surface area contributed by atoms with E-state index in [1.807, 2.05) is 6.07 Å². The van der Waals surface area contributed by atoms with Gasteiger partial charge in [0.1, 0.15) is 0 Å². The van der Waals surface area contributed by atoms with Gasteiger partial charge in [-0.25, -0.2) is 4.98 Å². The number of methoxy groups -OCH3 is 3. The molecule has 0 atom stereocenters. The van der Waals surface area contributed by atoms with E-state index in [9.17, 15) is 4.79 Å². The van der Waals surface area contributed by atoms with Gasteiger partial charge in [-0.1, -0.05) is 11.3 Å². The lowest BCUT2D eigenvalue weighted by atomic mass is 10.1. The Hall–Kier alpha value is -3.20. The molecule has 0 unspecified atom stereocenters. The largest absolute Gasteiger partial charge is 0.493 e. The van der Waals surface area contributed by atoms with Gasteiger partial charge in [-0.05, 0) is 12.1 Å². The van der Waals surface area contributed by atoms with Gasteiger partial charge in [-0.2, -0.15) is 0 Å². The summed E-state index contributed by atoms with van der Waals surface area (Å²) in [7, 11) is 4.50. The van der Waals surface area contributed by atoms with Crippen LogP contribution in [0.25, 0.3) is 10.2 Å². The van der Waals surface area contributed by atoms with Gasteiger partial charge in [0.25, 0.3) is 5.91 Å². The molecule has 2 heterocycles. The highest BCUT2D eigenvalue weighted by atomic mass is 32.1. The molecular formula is C18H16N2O6S. The fraction of sp³-hybridized carbons (Fsp3) is 0.222. The smallest absolute Gasteiger partial charge is 0.257 e. The van der Waals surface area contributed by atoms with Crippen molar-refractivity contribution in [2.75, 3.05) is 33.4 Å². The summed E-state index contributed by atoms with van der Waals surface area (Å²) >= 11 is 1.35. The third-order valence-electron chi connectivity index (χ3n) is 4.03. The van der Waals surface area contributed by atoms with Crippen LogP contribution in [0, 0.1) is 0 Å². The Morgan fingerprint density at radius 3 is 2.33 bits per heavy atom. The molecule has 1 N–H and O–H groups in total. The van der Waals surface area contributed by atoms with E-state index in [1.54, 1.807) is 18.2 Å². The van der Waals surface area contributed by atoms with E-state index in [1.165, 1.54) is 32.7 Å². The molecule has 1 aromatic heterocycles. The SMILES string of the molecule is COc1cc(C(=O)Nc2nc3cc4c(cc3s2)OCO4)cc(OC)c1OC. The number of fused-ring (bicyclic) bond motifs is 2. The third kappa shape index (κ3) is 3.06. The van der Waals surface area contributed by atoms with Crippen molar-refractivity contribution in [3.63, 3.8) is 0 Å². The topological polar surface area (TPSA) is 88.1 Å². The molecule has 140 valence electrons. The molecule has 27 heavy (non-hydrogen) atoms.